The van der Waals surface area contributed by atoms with Gasteiger partial charge < -0.3 is 14.8 Å². The van der Waals surface area contributed by atoms with Gasteiger partial charge in [0, 0.05) is 25.0 Å². The Balaban J connectivity index is 1.33. The summed E-state index contributed by atoms with van der Waals surface area (Å²) in [4.78, 5) is 19.6. The summed E-state index contributed by atoms with van der Waals surface area (Å²) in [5.41, 5.74) is 2.07. The van der Waals surface area contributed by atoms with Gasteiger partial charge in [-0.15, -0.1) is 11.3 Å². The lowest BCUT2D eigenvalue weighted by atomic mass is 9.96. The van der Waals surface area contributed by atoms with E-state index >= 15 is 0 Å². The molecule has 0 spiro atoms. The van der Waals surface area contributed by atoms with Gasteiger partial charge >= 0.3 is 0 Å². The van der Waals surface area contributed by atoms with Crippen LogP contribution in [0, 0.1) is 5.92 Å². The van der Waals surface area contributed by atoms with Crippen LogP contribution in [0.2, 0.25) is 0 Å². The maximum Gasteiger partial charge on any atom is 0.233 e. The second kappa shape index (κ2) is 7.96. The minimum atomic E-state index is -0.187. The summed E-state index contributed by atoms with van der Waals surface area (Å²) in [5.74, 6) is 0.666. The first-order valence-corrected chi connectivity index (χ1v) is 10.3. The van der Waals surface area contributed by atoms with Crippen molar-refractivity contribution in [3.63, 3.8) is 0 Å². The minimum absolute atomic E-state index is 0.0287. The number of benzene rings is 1. The van der Waals surface area contributed by atoms with Crippen molar-refractivity contribution in [2.45, 2.75) is 39.0 Å². The summed E-state index contributed by atoms with van der Waals surface area (Å²) >= 11 is 1.48. The number of amides is 1. The molecule has 3 atom stereocenters. The molecule has 1 amide bonds. The molecule has 1 fully saturated rings. The molecule has 2 aromatic rings. The highest BCUT2D eigenvalue weighted by Gasteiger charge is 2.27. The summed E-state index contributed by atoms with van der Waals surface area (Å²) < 4.78 is 11.5. The molecule has 1 aromatic carbocycles. The zero-order valence-corrected chi connectivity index (χ0v) is 16.5. The van der Waals surface area contributed by atoms with Gasteiger partial charge in [-0.2, -0.15) is 0 Å². The van der Waals surface area contributed by atoms with Gasteiger partial charge in [0.05, 0.1) is 23.8 Å². The lowest BCUT2D eigenvalue weighted by Gasteiger charge is -2.34. The van der Waals surface area contributed by atoms with E-state index in [2.05, 4.69) is 29.0 Å². The van der Waals surface area contributed by atoms with Crippen LogP contribution in [0.1, 0.15) is 25.1 Å². The van der Waals surface area contributed by atoms with Crippen molar-refractivity contribution in [3.05, 3.63) is 40.9 Å². The molecule has 27 heavy (non-hydrogen) atoms. The van der Waals surface area contributed by atoms with E-state index < -0.39 is 0 Å². The molecule has 0 radical (unpaired) electrons. The number of carbonyl (C=O) groups excluding carboxylic acids is 1. The fourth-order valence-corrected chi connectivity index (χ4v) is 4.49. The van der Waals surface area contributed by atoms with E-state index in [0.717, 1.165) is 36.6 Å². The average Bonchev–Trinajstić information content (AvgIpc) is 3.07. The molecular weight excluding hydrogens is 362 g/mol. The third kappa shape index (κ3) is 4.48. The number of nitrogens with one attached hydrogen (secondary N) is 1. The predicted octanol–water partition coefficient (Wildman–Crippen LogP) is 2.94. The van der Waals surface area contributed by atoms with E-state index in [9.17, 15) is 4.79 Å². The van der Waals surface area contributed by atoms with E-state index in [4.69, 9.17) is 9.47 Å². The molecule has 3 unspecified atom stereocenters. The Labute approximate surface area is 163 Å². The lowest BCUT2D eigenvalue weighted by Crippen LogP contribution is -2.44. The number of rotatable bonds is 4. The second-order valence-electron chi connectivity index (χ2n) is 7.40. The molecular formula is C20H25N3O3S. The number of hydrogen-bond acceptors (Lipinski definition) is 6. The van der Waals surface area contributed by atoms with Crippen LogP contribution in [0.3, 0.4) is 0 Å². The predicted molar refractivity (Wildman–Crippen MR) is 105 cm³/mol. The summed E-state index contributed by atoms with van der Waals surface area (Å²) in [5, 5.41) is 5.64. The number of hydrogen-bond donors (Lipinski definition) is 1. The van der Waals surface area contributed by atoms with Crippen molar-refractivity contribution >= 4 is 22.4 Å². The Morgan fingerprint density at radius 3 is 2.89 bits per heavy atom. The number of aromatic nitrogens is 1. The maximum absolute atomic E-state index is 12.6. The lowest BCUT2D eigenvalue weighted by molar-refractivity contribution is -0.121. The first-order chi connectivity index (χ1) is 13.1. The van der Waals surface area contributed by atoms with Gasteiger partial charge in [-0.1, -0.05) is 18.2 Å². The summed E-state index contributed by atoms with van der Waals surface area (Å²) in [6, 6.07) is 7.89. The number of carbonyl (C=O) groups is 1. The number of ether oxygens (including phenoxy) is 2. The standard InChI is InChI=1S/C20H25N3O3S/c1-13-8-23(9-14(2)26-13)10-17-12-27-20(21-17)22-19(24)16-7-15-5-3-4-6-18(15)25-11-16/h3-6,12-14,16H,7-11H2,1-2H3,(H,21,22,24). The highest BCUT2D eigenvalue weighted by Crippen LogP contribution is 2.28. The van der Waals surface area contributed by atoms with E-state index in [1.165, 1.54) is 11.3 Å². The van der Waals surface area contributed by atoms with Gasteiger partial charge in [0.2, 0.25) is 5.91 Å². The molecule has 1 N–H and O–H groups in total. The molecule has 6 nitrogen and oxygen atoms in total. The number of fused-ring (bicyclic) bond motifs is 1. The molecule has 7 heteroatoms. The zero-order valence-electron chi connectivity index (χ0n) is 15.7. The molecule has 3 heterocycles. The van der Waals surface area contributed by atoms with Crippen LogP contribution in [-0.4, -0.2) is 47.7 Å². The van der Waals surface area contributed by atoms with E-state index in [1.54, 1.807) is 0 Å². The molecule has 0 aliphatic carbocycles. The topological polar surface area (TPSA) is 63.7 Å². The summed E-state index contributed by atoms with van der Waals surface area (Å²) in [6.45, 7) is 7.19. The monoisotopic (exact) mass is 387 g/mol. The fourth-order valence-electron chi connectivity index (χ4n) is 3.78. The molecule has 0 saturated carbocycles. The van der Waals surface area contributed by atoms with E-state index in [1.807, 2.05) is 29.6 Å². The van der Waals surface area contributed by atoms with Crippen molar-refractivity contribution in [1.29, 1.82) is 0 Å². The van der Waals surface area contributed by atoms with E-state index in [-0.39, 0.29) is 24.0 Å². The molecule has 2 aliphatic rings. The highest BCUT2D eigenvalue weighted by atomic mass is 32.1. The van der Waals surface area contributed by atoms with Crippen LogP contribution in [0.4, 0.5) is 5.13 Å². The summed E-state index contributed by atoms with van der Waals surface area (Å²) in [6.07, 6.45) is 1.17. The molecule has 1 saturated heterocycles. The van der Waals surface area contributed by atoms with E-state index in [0.29, 0.717) is 18.2 Å². The third-order valence-electron chi connectivity index (χ3n) is 4.91. The Hall–Kier alpha value is -1.96. The zero-order chi connectivity index (χ0) is 18.8. The van der Waals surface area contributed by atoms with Crippen molar-refractivity contribution in [1.82, 2.24) is 9.88 Å². The fraction of sp³-hybridized carbons (Fsp3) is 0.500. The summed E-state index contributed by atoms with van der Waals surface area (Å²) in [7, 11) is 0. The Kier molecular flexibility index (Phi) is 5.43. The van der Waals surface area contributed by atoms with Crippen LogP contribution >= 0.6 is 11.3 Å². The normalized spacial score (nSPS) is 25.5. The molecule has 1 aromatic heterocycles. The van der Waals surface area contributed by atoms with Crippen molar-refractivity contribution in [2.75, 3.05) is 25.0 Å². The van der Waals surface area contributed by atoms with Crippen molar-refractivity contribution < 1.29 is 14.3 Å². The largest absolute Gasteiger partial charge is 0.492 e. The highest BCUT2D eigenvalue weighted by molar-refractivity contribution is 7.13. The van der Waals surface area contributed by atoms with Gasteiger partial charge in [0.25, 0.3) is 0 Å². The number of anilines is 1. The maximum atomic E-state index is 12.6. The Morgan fingerprint density at radius 1 is 1.30 bits per heavy atom. The molecule has 4 rings (SSSR count). The van der Waals surface area contributed by atoms with Crippen LogP contribution < -0.4 is 10.1 Å². The Bertz CT molecular complexity index is 799. The third-order valence-corrected chi connectivity index (χ3v) is 5.72. The molecule has 144 valence electrons. The van der Waals surface area contributed by atoms with Crippen LogP contribution in [0.15, 0.2) is 29.6 Å². The van der Waals surface area contributed by atoms with Crippen LogP contribution in [0.5, 0.6) is 5.75 Å². The first-order valence-electron chi connectivity index (χ1n) is 9.40. The van der Waals surface area contributed by atoms with Gasteiger partial charge in [-0.05, 0) is 31.9 Å². The van der Waals surface area contributed by atoms with Gasteiger partial charge in [0.15, 0.2) is 5.13 Å². The molecule has 2 aliphatic heterocycles. The number of nitrogens with zero attached hydrogens (tertiary/aromatic N) is 2. The van der Waals surface area contributed by atoms with Gasteiger partial charge in [-0.3, -0.25) is 9.69 Å². The second-order valence-corrected chi connectivity index (χ2v) is 8.26. The average molecular weight is 388 g/mol. The Morgan fingerprint density at radius 2 is 2.07 bits per heavy atom. The van der Waals surface area contributed by atoms with Gasteiger partial charge in [-0.25, -0.2) is 4.98 Å². The van der Waals surface area contributed by atoms with Gasteiger partial charge in [0.1, 0.15) is 12.4 Å². The SMILES string of the molecule is CC1CN(Cc2csc(NC(=O)C3COc4ccccc4C3)n2)CC(C)O1. The van der Waals surface area contributed by atoms with Crippen molar-refractivity contribution in [3.8, 4) is 5.75 Å². The van der Waals surface area contributed by atoms with Crippen LogP contribution in [0.25, 0.3) is 0 Å². The molecule has 0 bridgehead atoms. The number of para-hydroxylation sites is 1. The minimum Gasteiger partial charge on any atom is -0.492 e. The van der Waals surface area contributed by atoms with Crippen molar-refractivity contribution in [2.24, 2.45) is 5.92 Å². The first kappa shape index (κ1) is 18.4. The van der Waals surface area contributed by atoms with Crippen LogP contribution in [-0.2, 0) is 22.5 Å². The smallest absolute Gasteiger partial charge is 0.233 e. The quantitative estimate of drug-likeness (QED) is 0.874. The number of morpholine rings is 1. The number of thiazole rings is 1.